The van der Waals surface area contributed by atoms with Crippen molar-refractivity contribution in [3.05, 3.63) is 54.0 Å². The standard InChI is InChI=1S/C21H21N3O/c1-13-5-6-16-17-10-15(12-23-19(17)25-20(16)24-13)18-9-14(7-8-22-18)11-21(2,3)4/h5-10,12H,11H2,1-4H3. The number of furan rings is 1. The van der Waals surface area contributed by atoms with Crippen LogP contribution in [0.1, 0.15) is 32.0 Å². The Morgan fingerprint density at radius 3 is 2.60 bits per heavy atom. The van der Waals surface area contributed by atoms with Crippen LogP contribution in [-0.4, -0.2) is 15.0 Å². The van der Waals surface area contributed by atoms with Crippen molar-refractivity contribution in [1.29, 1.82) is 0 Å². The Bertz CT molecular complexity index is 1070. The van der Waals surface area contributed by atoms with E-state index < -0.39 is 0 Å². The molecule has 0 radical (unpaired) electrons. The number of nitrogens with zero attached hydrogens (tertiary/aromatic N) is 3. The molecule has 0 saturated carbocycles. The van der Waals surface area contributed by atoms with E-state index in [0.29, 0.717) is 11.4 Å². The van der Waals surface area contributed by atoms with E-state index in [0.717, 1.165) is 34.1 Å². The highest BCUT2D eigenvalue weighted by atomic mass is 16.3. The van der Waals surface area contributed by atoms with Gasteiger partial charge in [0.25, 0.3) is 0 Å². The fourth-order valence-electron chi connectivity index (χ4n) is 3.13. The molecule has 0 saturated heterocycles. The third kappa shape index (κ3) is 3.12. The number of hydrogen-bond acceptors (Lipinski definition) is 4. The normalized spacial score (nSPS) is 12.2. The van der Waals surface area contributed by atoms with Crippen LogP contribution in [0, 0.1) is 12.3 Å². The topological polar surface area (TPSA) is 51.8 Å². The molecule has 0 amide bonds. The second-order valence-corrected chi connectivity index (χ2v) is 7.77. The van der Waals surface area contributed by atoms with Crippen molar-refractivity contribution in [2.24, 2.45) is 5.41 Å². The summed E-state index contributed by atoms with van der Waals surface area (Å²) in [4.78, 5) is 13.5. The molecule has 0 spiro atoms. The van der Waals surface area contributed by atoms with Crippen molar-refractivity contribution in [2.75, 3.05) is 0 Å². The van der Waals surface area contributed by atoms with E-state index in [-0.39, 0.29) is 5.41 Å². The molecule has 0 atom stereocenters. The average Bonchev–Trinajstić information content (AvgIpc) is 2.90. The molecule has 0 N–H and O–H groups in total. The predicted molar refractivity (Wildman–Crippen MR) is 100 cm³/mol. The summed E-state index contributed by atoms with van der Waals surface area (Å²) in [5.74, 6) is 0. The molecule has 0 aliphatic heterocycles. The Kier molecular flexibility index (Phi) is 3.57. The van der Waals surface area contributed by atoms with Crippen molar-refractivity contribution in [3.8, 4) is 11.3 Å². The third-order valence-corrected chi connectivity index (χ3v) is 4.19. The minimum absolute atomic E-state index is 0.241. The van der Waals surface area contributed by atoms with Crippen molar-refractivity contribution in [3.63, 3.8) is 0 Å². The van der Waals surface area contributed by atoms with Crippen molar-refractivity contribution in [2.45, 2.75) is 34.1 Å². The molecule has 0 aromatic carbocycles. The summed E-state index contributed by atoms with van der Waals surface area (Å²) in [6.45, 7) is 8.68. The smallest absolute Gasteiger partial charge is 0.229 e. The van der Waals surface area contributed by atoms with Crippen LogP contribution in [0.5, 0.6) is 0 Å². The molecule has 4 nitrogen and oxygen atoms in total. The first-order valence-corrected chi connectivity index (χ1v) is 8.50. The SMILES string of the molecule is Cc1ccc2c(n1)oc1ncc(-c3cc(CC(C)(C)C)ccn3)cc12. The number of rotatable bonds is 2. The lowest BCUT2D eigenvalue weighted by Crippen LogP contribution is -2.09. The lowest BCUT2D eigenvalue weighted by atomic mass is 9.88. The van der Waals surface area contributed by atoms with E-state index in [1.54, 1.807) is 0 Å². The van der Waals surface area contributed by atoms with Crippen LogP contribution in [-0.2, 0) is 6.42 Å². The number of pyridine rings is 3. The van der Waals surface area contributed by atoms with Crippen molar-refractivity contribution < 1.29 is 4.42 Å². The predicted octanol–water partition coefficient (Wildman–Crippen LogP) is 5.34. The number of fused-ring (bicyclic) bond motifs is 3. The van der Waals surface area contributed by atoms with Crippen molar-refractivity contribution in [1.82, 2.24) is 15.0 Å². The lowest BCUT2D eigenvalue weighted by molar-refractivity contribution is 0.411. The molecule has 4 aromatic heterocycles. The third-order valence-electron chi connectivity index (χ3n) is 4.19. The van der Waals surface area contributed by atoms with E-state index in [4.69, 9.17) is 4.42 Å². The Labute approximate surface area is 146 Å². The van der Waals surface area contributed by atoms with E-state index in [2.05, 4.69) is 53.9 Å². The first-order valence-electron chi connectivity index (χ1n) is 8.50. The van der Waals surface area contributed by atoms with Gasteiger partial charge in [-0.15, -0.1) is 0 Å². The second kappa shape index (κ2) is 5.66. The zero-order valence-electron chi connectivity index (χ0n) is 15.0. The summed E-state index contributed by atoms with van der Waals surface area (Å²) in [5, 5.41) is 1.96. The molecule has 0 aliphatic carbocycles. The van der Waals surface area contributed by atoms with Gasteiger partial charge < -0.3 is 4.42 Å². The molecular formula is C21H21N3O. The molecule has 0 unspecified atom stereocenters. The Balaban J connectivity index is 1.82. The maximum atomic E-state index is 5.77. The van der Waals surface area contributed by atoms with Gasteiger partial charge in [-0.1, -0.05) is 20.8 Å². The van der Waals surface area contributed by atoms with Gasteiger partial charge in [-0.2, -0.15) is 0 Å². The van der Waals surface area contributed by atoms with Gasteiger partial charge in [-0.25, -0.2) is 9.97 Å². The number of aryl methyl sites for hydroxylation is 1. The molecule has 0 bridgehead atoms. The molecular weight excluding hydrogens is 310 g/mol. The minimum Gasteiger partial charge on any atom is -0.419 e. The number of aromatic nitrogens is 3. The summed E-state index contributed by atoms with van der Waals surface area (Å²) in [6, 6.07) is 10.4. The molecule has 4 aromatic rings. The molecule has 4 heterocycles. The van der Waals surface area contributed by atoms with Gasteiger partial charge >= 0.3 is 0 Å². The van der Waals surface area contributed by atoms with Gasteiger partial charge in [-0.05, 0) is 54.7 Å². The zero-order chi connectivity index (χ0) is 17.6. The van der Waals surface area contributed by atoms with Gasteiger partial charge in [0, 0.05) is 29.0 Å². The van der Waals surface area contributed by atoms with Gasteiger partial charge in [0.05, 0.1) is 11.1 Å². The fourth-order valence-corrected chi connectivity index (χ4v) is 3.13. The fraction of sp³-hybridized carbons (Fsp3) is 0.286. The lowest BCUT2D eigenvalue weighted by Gasteiger charge is -2.18. The molecule has 4 heteroatoms. The zero-order valence-corrected chi connectivity index (χ0v) is 15.0. The van der Waals surface area contributed by atoms with Crippen LogP contribution in [0.2, 0.25) is 0 Å². The van der Waals surface area contributed by atoms with Crippen LogP contribution in [0.25, 0.3) is 33.5 Å². The Hall–Kier alpha value is -2.75. The Morgan fingerprint density at radius 2 is 1.80 bits per heavy atom. The average molecular weight is 331 g/mol. The molecule has 0 fully saturated rings. The van der Waals surface area contributed by atoms with Gasteiger partial charge in [0.2, 0.25) is 11.4 Å². The van der Waals surface area contributed by atoms with Crippen LogP contribution < -0.4 is 0 Å². The quantitative estimate of drug-likeness (QED) is 0.498. The van der Waals surface area contributed by atoms with Gasteiger partial charge in [-0.3, -0.25) is 4.98 Å². The van der Waals surface area contributed by atoms with Gasteiger partial charge in [0.15, 0.2) is 0 Å². The maximum Gasteiger partial charge on any atom is 0.229 e. The van der Waals surface area contributed by atoms with Crippen molar-refractivity contribution >= 4 is 22.2 Å². The first-order chi connectivity index (χ1) is 11.9. The highest BCUT2D eigenvalue weighted by Crippen LogP contribution is 2.30. The Morgan fingerprint density at radius 1 is 0.960 bits per heavy atom. The molecule has 0 aliphatic rings. The van der Waals surface area contributed by atoms with Crippen LogP contribution in [0.4, 0.5) is 0 Å². The van der Waals surface area contributed by atoms with Crippen LogP contribution in [0.3, 0.4) is 0 Å². The highest BCUT2D eigenvalue weighted by Gasteiger charge is 2.14. The number of hydrogen-bond donors (Lipinski definition) is 0. The van der Waals surface area contributed by atoms with E-state index in [1.165, 1.54) is 5.56 Å². The first kappa shape index (κ1) is 15.8. The minimum atomic E-state index is 0.241. The van der Waals surface area contributed by atoms with Crippen LogP contribution >= 0.6 is 0 Å². The van der Waals surface area contributed by atoms with E-state index in [1.807, 2.05) is 31.5 Å². The van der Waals surface area contributed by atoms with E-state index in [9.17, 15) is 0 Å². The molecule has 126 valence electrons. The largest absolute Gasteiger partial charge is 0.419 e. The summed E-state index contributed by atoms with van der Waals surface area (Å²) in [7, 11) is 0. The summed E-state index contributed by atoms with van der Waals surface area (Å²) in [5.41, 5.74) is 5.63. The summed E-state index contributed by atoms with van der Waals surface area (Å²) >= 11 is 0. The van der Waals surface area contributed by atoms with Gasteiger partial charge in [0.1, 0.15) is 0 Å². The summed E-state index contributed by atoms with van der Waals surface area (Å²) < 4.78 is 5.77. The molecule has 4 rings (SSSR count). The maximum absolute atomic E-state index is 5.77. The second-order valence-electron chi connectivity index (χ2n) is 7.77. The summed E-state index contributed by atoms with van der Waals surface area (Å²) in [6.07, 6.45) is 4.70. The molecule has 25 heavy (non-hydrogen) atoms. The van der Waals surface area contributed by atoms with E-state index >= 15 is 0 Å². The monoisotopic (exact) mass is 331 g/mol. The highest BCUT2D eigenvalue weighted by molar-refractivity contribution is 6.03. The van der Waals surface area contributed by atoms with Crippen LogP contribution in [0.15, 0.2) is 47.1 Å².